The number of aromatic nitrogens is 3. The number of thiophene rings is 1. The third-order valence-electron chi connectivity index (χ3n) is 11.7. The normalized spacial score (nSPS) is 12.0. The fourth-order valence-corrected chi connectivity index (χ4v) is 9.85. The molecule has 0 fully saturated rings. The molecule has 0 saturated heterocycles. The maximum absolute atomic E-state index is 5.38. The van der Waals surface area contributed by atoms with Crippen LogP contribution >= 0.6 is 11.3 Å². The maximum atomic E-state index is 5.38. The van der Waals surface area contributed by atoms with Crippen LogP contribution in [0.15, 0.2) is 182 Å². The summed E-state index contributed by atoms with van der Waals surface area (Å²) in [7, 11) is 0. The van der Waals surface area contributed by atoms with Crippen molar-refractivity contribution in [2.45, 2.75) is 26.2 Å². The van der Waals surface area contributed by atoms with Crippen LogP contribution in [0.25, 0.3) is 109 Å². The standard InChI is InChI=1S/C55H39N3S/c1-55(2,3)38-27-30-42-41-28-26-37(32-48(41)39-19-10-11-20-40(39)49(42)33-38)52-56-53(58-54(57-52)46-23-14-22-44-43-21-12-13-24-50(43)59-51(44)46)45-29-25-36(34-15-6-4-7-16-34)31-47(45)35-17-8-5-9-18-35/h4-33H,1-3H3. The number of fused-ring (bicyclic) bond motifs is 9. The highest BCUT2D eigenvalue weighted by Gasteiger charge is 2.21. The molecule has 0 aliphatic rings. The second-order valence-electron chi connectivity index (χ2n) is 16.4. The van der Waals surface area contributed by atoms with E-state index < -0.39 is 0 Å². The van der Waals surface area contributed by atoms with Gasteiger partial charge in [-0.25, -0.2) is 15.0 Å². The summed E-state index contributed by atoms with van der Waals surface area (Å²) in [5.41, 5.74) is 8.76. The van der Waals surface area contributed by atoms with Gasteiger partial charge in [0.2, 0.25) is 0 Å². The minimum absolute atomic E-state index is 0.0462. The zero-order chi connectivity index (χ0) is 39.7. The van der Waals surface area contributed by atoms with Gasteiger partial charge in [0.15, 0.2) is 17.5 Å². The van der Waals surface area contributed by atoms with Crippen LogP contribution < -0.4 is 0 Å². The van der Waals surface area contributed by atoms with Crippen molar-refractivity contribution in [3.63, 3.8) is 0 Å². The van der Waals surface area contributed by atoms with Crippen LogP contribution in [0.2, 0.25) is 0 Å². The fraction of sp³-hybridized carbons (Fsp3) is 0.0727. The summed E-state index contributed by atoms with van der Waals surface area (Å²) in [4.78, 5) is 16.1. The van der Waals surface area contributed by atoms with Gasteiger partial charge in [0.1, 0.15) is 0 Å². The molecule has 0 bridgehead atoms. The Morgan fingerprint density at radius 2 is 0.898 bits per heavy atom. The monoisotopic (exact) mass is 773 g/mol. The summed E-state index contributed by atoms with van der Waals surface area (Å²) >= 11 is 1.79. The lowest BCUT2D eigenvalue weighted by Crippen LogP contribution is -2.10. The van der Waals surface area contributed by atoms with Gasteiger partial charge in [-0.2, -0.15) is 0 Å². The van der Waals surface area contributed by atoms with E-state index in [1.165, 1.54) is 58.1 Å². The largest absolute Gasteiger partial charge is 0.208 e. The highest BCUT2D eigenvalue weighted by Crippen LogP contribution is 2.42. The van der Waals surface area contributed by atoms with Crippen molar-refractivity contribution in [3.05, 3.63) is 188 Å². The van der Waals surface area contributed by atoms with E-state index in [9.17, 15) is 0 Å². The third kappa shape index (κ3) is 6.07. The second-order valence-corrected chi connectivity index (χ2v) is 17.4. The van der Waals surface area contributed by atoms with Gasteiger partial charge < -0.3 is 0 Å². The van der Waals surface area contributed by atoms with Gasteiger partial charge in [0.25, 0.3) is 0 Å². The van der Waals surface area contributed by atoms with Crippen LogP contribution in [-0.4, -0.2) is 15.0 Å². The second kappa shape index (κ2) is 13.8. The van der Waals surface area contributed by atoms with Gasteiger partial charge >= 0.3 is 0 Å². The molecular formula is C55H39N3S. The first-order valence-corrected chi connectivity index (χ1v) is 21.0. The molecule has 4 heteroatoms. The van der Waals surface area contributed by atoms with Crippen LogP contribution in [0.1, 0.15) is 26.3 Å². The molecule has 280 valence electrons. The molecular weight excluding hydrogens is 735 g/mol. The predicted molar refractivity (Wildman–Crippen MR) is 251 cm³/mol. The van der Waals surface area contributed by atoms with Crippen LogP contribution in [0.5, 0.6) is 0 Å². The van der Waals surface area contributed by atoms with Crippen molar-refractivity contribution in [2.75, 3.05) is 0 Å². The van der Waals surface area contributed by atoms with E-state index in [0.29, 0.717) is 17.5 Å². The predicted octanol–water partition coefficient (Wildman–Crippen LogP) is 15.3. The number of benzene rings is 9. The highest BCUT2D eigenvalue weighted by molar-refractivity contribution is 7.26. The van der Waals surface area contributed by atoms with E-state index in [1.54, 1.807) is 11.3 Å². The summed E-state index contributed by atoms with van der Waals surface area (Å²) in [5.74, 6) is 1.94. The lowest BCUT2D eigenvalue weighted by atomic mass is 9.84. The topological polar surface area (TPSA) is 38.7 Å². The van der Waals surface area contributed by atoms with Crippen LogP contribution in [-0.2, 0) is 5.41 Å². The molecule has 9 aromatic carbocycles. The molecule has 0 N–H and O–H groups in total. The Morgan fingerprint density at radius 1 is 0.339 bits per heavy atom. The Hall–Kier alpha value is -7.01. The fourth-order valence-electron chi connectivity index (χ4n) is 8.64. The Labute approximate surface area is 347 Å². The van der Waals surface area contributed by atoms with Crippen molar-refractivity contribution < 1.29 is 0 Å². The van der Waals surface area contributed by atoms with E-state index in [-0.39, 0.29) is 5.41 Å². The molecule has 0 amide bonds. The molecule has 0 saturated carbocycles. The molecule has 11 rings (SSSR count). The molecule has 0 radical (unpaired) electrons. The molecule has 2 aromatic heterocycles. The zero-order valence-corrected chi connectivity index (χ0v) is 33.9. The summed E-state index contributed by atoms with van der Waals surface area (Å²) in [6, 6.07) is 65.4. The van der Waals surface area contributed by atoms with Crippen molar-refractivity contribution >= 4 is 63.8 Å². The van der Waals surface area contributed by atoms with E-state index in [1.807, 2.05) is 0 Å². The Bertz CT molecular complexity index is 3390. The Kier molecular flexibility index (Phi) is 8.25. The number of hydrogen-bond acceptors (Lipinski definition) is 4. The van der Waals surface area contributed by atoms with E-state index in [0.717, 1.165) is 38.9 Å². The van der Waals surface area contributed by atoms with Gasteiger partial charge in [0, 0.05) is 36.9 Å². The van der Waals surface area contributed by atoms with Crippen molar-refractivity contribution in [1.29, 1.82) is 0 Å². The number of hydrogen-bond donors (Lipinski definition) is 0. The van der Waals surface area contributed by atoms with Crippen molar-refractivity contribution in [3.8, 4) is 56.4 Å². The average molecular weight is 774 g/mol. The minimum Gasteiger partial charge on any atom is -0.208 e. The Morgan fingerprint density at radius 3 is 1.63 bits per heavy atom. The minimum atomic E-state index is 0.0462. The molecule has 59 heavy (non-hydrogen) atoms. The molecule has 0 aliphatic carbocycles. The molecule has 11 aromatic rings. The molecule has 2 heterocycles. The van der Waals surface area contributed by atoms with Gasteiger partial charge in [-0.15, -0.1) is 11.3 Å². The summed E-state index contributed by atoms with van der Waals surface area (Å²) in [6.07, 6.45) is 0. The summed E-state index contributed by atoms with van der Waals surface area (Å²) in [5, 5.41) is 9.85. The van der Waals surface area contributed by atoms with Crippen molar-refractivity contribution in [1.82, 2.24) is 15.0 Å². The van der Waals surface area contributed by atoms with Crippen LogP contribution in [0, 0.1) is 0 Å². The first-order chi connectivity index (χ1) is 28.9. The molecule has 0 unspecified atom stereocenters. The lowest BCUT2D eigenvalue weighted by molar-refractivity contribution is 0.591. The van der Waals surface area contributed by atoms with Gasteiger partial charge in [-0.3, -0.25) is 0 Å². The quantitative estimate of drug-likeness (QED) is 0.164. The smallest absolute Gasteiger partial charge is 0.165 e. The first-order valence-electron chi connectivity index (χ1n) is 20.2. The first kappa shape index (κ1) is 35.2. The summed E-state index contributed by atoms with van der Waals surface area (Å²) < 4.78 is 2.42. The third-order valence-corrected chi connectivity index (χ3v) is 12.9. The maximum Gasteiger partial charge on any atom is 0.165 e. The van der Waals surface area contributed by atoms with E-state index in [4.69, 9.17) is 15.0 Å². The average Bonchev–Trinajstić information content (AvgIpc) is 3.68. The van der Waals surface area contributed by atoms with Crippen molar-refractivity contribution in [2.24, 2.45) is 0 Å². The lowest BCUT2D eigenvalue weighted by Gasteiger charge is -2.21. The van der Waals surface area contributed by atoms with Gasteiger partial charge in [-0.1, -0.05) is 166 Å². The molecule has 0 spiro atoms. The molecule has 0 atom stereocenters. The van der Waals surface area contributed by atoms with Crippen LogP contribution in [0.4, 0.5) is 0 Å². The van der Waals surface area contributed by atoms with Gasteiger partial charge in [0.05, 0.1) is 0 Å². The number of nitrogens with zero attached hydrogens (tertiary/aromatic N) is 3. The van der Waals surface area contributed by atoms with Gasteiger partial charge in [-0.05, 0) is 102 Å². The zero-order valence-electron chi connectivity index (χ0n) is 33.1. The van der Waals surface area contributed by atoms with E-state index >= 15 is 0 Å². The molecule has 0 aliphatic heterocycles. The Balaban J connectivity index is 1.18. The van der Waals surface area contributed by atoms with Crippen LogP contribution in [0.3, 0.4) is 0 Å². The SMILES string of the molecule is CC(C)(C)c1ccc2c3ccc(-c4nc(-c5ccc(-c6ccccc6)cc5-c5ccccc5)nc(-c5cccc6c5sc5ccccc56)n4)cc3c3ccccc3c2c1. The van der Waals surface area contributed by atoms with E-state index in [2.05, 4.69) is 203 Å². The highest BCUT2D eigenvalue weighted by atomic mass is 32.1. The molecule has 3 nitrogen and oxygen atoms in total. The summed E-state index contributed by atoms with van der Waals surface area (Å²) in [6.45, 7) is 6.84. The number of rotatable bonds is 5.